The highest BCUT2D eigenvalue weighted by Gasteiger charge is 2.27. The van der Waals surface area contributed by atoms with E-state index in [1.54, 1.807) is 0 Å². The minimum Gasteiger partial charge on any atom is -0.356 e. The largest absolute Gasteiger partial charge is 0.356 e. The number of carbonyl (C=O) groups is 1. The maximum atomic E-state index is 11.7. The van der Waals surface area contributed by atoms with Crippen LogP contribution >= 0.6 is 0 Å². The number of nitrogens with one attached hydrogen (secondary N) is 3. The molecule has 94 valence electrons. The Morgan fingerprint density at radius 2 is 2.25 bits per heavy atom. The monoisotopic (exact) mass is 249 g/mol. The standard InChI is InChI=1S/C9H19N3O3S/c1-2-11-9(13)4-6-12-16(14,15)8-3-5-10-7-8/h8,10,12H,2-7H2,1H3,(H,11,13). The predicted octanol–water partition coefficient (Wildman–Crippen LogP) is -1.21. The molecule has 1 fully saturated rings. The van der Waals surface area contributed by atoms with E-state index in [1.165, 1.54) is 0 Å². The third kappa shape index (κ3) is 4.07. The first-order chi connectivity index (χ1) is 7.56. The van der Waals surface area contributed by atoms with Gasteiger partial charge in [-0.05, 0) is 19.9 Å². The minimum absolute atomic E-state index is 0.130. The summed E-state index contributed by atoms with van der Waals surface area (Å²) in [5.74, 6) is -0.130. The van der Waals surface area contributed by atoms with E-state index in [2.05, 4.69) is 15.4 Å². The highest BCUT2D eigenvalue weighted by Crippen LogP contribution is 2.07. The molecule has 1 unspecified atom stereocenters. The molecule has 1 heterocycles. The highest BCUT2D eigenvalue weighted by molar-refractivity contribution is 7.90. The quantitative estimate of drug-likeness (QED) is 0.551. The molecule has 16 heavy (non-hydrogen) atoms. The molecule has 1 aliphatic heterocycles. The molecule has 3 N–H and O–H groups in total. The zero-order chi connectivity index (χ0) is 12.0. The van der Waals surface area contributed by atoms with Gasteiger partial charge >= 0.3 is 0 Å². The lowest BCUT2D eigenvalue weighted by molar-refractivity contribution is -0.120. The average Bonchev–Trinajstić information content (AvgIpc) is 2.71. The van der Waals surface area contributed by atoms with E-state index in [-0.39, 0.29) is 24.1 Å². The fraction of sp³-hybridized carbons (Fsp3) is 0.889. The first kappa shape index (κ1) is 13.4. The number of sulfonamides is 1. The lowest BCUT2D eigenvalue weighted by atomic mass is 10.4. The van der Waals surface area contributed by atoms with Gasteiger partial charge in [0.25, 0.3) is 0 Å². The van der Waals surface area contributed by atoms with Crippen molar-refractivity contribution in [1.82, 2.24) is 15.4 Å². The first-order valence-corrected chi connectivity index (χ1v) is 7.06. The lowest BCUT2D eigenvalue weighted by Crippen LogP contribution is -2.37. The SMILES string of the molecule is CCNC(=O)CCNS(=O)(=O)C1CCNC1. The molecule has 1 atom stereocenters. The van der Waals surface area contributed by atoms with Gasteiger partial charge in [0.2, 0.25) is 15.9 Å². The number of amides is 1. The Kier molecular flexibility index (Phi) is 5.17. The van der Waals surface area contributed by atoms with E-state index in [0.717, 1.165) is 6.54 Å². The van der Waals surface area contributed by atoms with Gasteiger partial charge in [0.15, 0.2) is 0 Å². The Hall–Kier alpha value is -0.660. The molecular formula is C9H19N3O3S. The number of hydrogen-bond donors (Lipinski definition) is 3. The molecule has 1 aliphatic rings. The van der Waals surface area contributed by atoms with Crippen LogP contribution in [0.4, 0.5) is 0 Å². The van der Waals surface area contributed by atoms with Gasteiger partial charge in [-0.15, -0.1) is 0 Å². The number of rotatable bonds is 6. The highest BCUT2D eigenvalue weighted by atomic mass is 32.2. The molecule has 0 radical (unpaired) electrons. The van der Waals surface area contributed by atoms with Crippen LogP contribution in [0.15, 0.2) is 0 Å². The second-order valence-corrected chi connectivity index (χ2v) is 5.80. The summed E-state index contributed by atoms with van der Waals surface area (Å²) in [5, 5.41) is 5.26. The van der Waals surface area contributed by atoms with Gasteiger partial charge in [-0.2, -0.15) is 0 Å². The van der Waals surface area contributed by atoms with E-state index in [1.807, 2.05) is 6.92 Å². The molecule has 0 aromatic carbocycles. The van der Waals surface area contributed by atoms with Crippen molar-refractivity contribution in [3.8, 4) is 0 Å². The van der Waals surface area contributed by atoms with Crippen LogP contribution in [0.5, 0.6) is 0 Å². The average molecular weight is 249 g/mol. The fourth-order valence-electron chi connectivity index (χ4n) is 1.60. The summed E-state index contributed by atoms with van der Waals surface area (Å²) in [6.45, 7) is 3.80. The van der Waals surface area contributed by atoms with Crippen LogP contribution in [0.2, 0.25) is 0 Å². The Bertz CT molecular complexity index is 323. The molecule has 0 aromatic rings. The second-order valence-electron chi connectivity index (χ2n) is 3.76. The Morgan fingerprint density at radius 1 is 1.50 bits per heavy atom. The first-order valence-electron chi connectivity index (χ1n) is 5.52. The zero-order valence-corrected chi connectivity index (χ0v) is 10.3. The van der Waals surface area contributed by atoms with Crippen LogP contribution in [0, 0.1) is 0 Å². The minimum atomic E-state index is -3.26. The van der Waals surface area contributed by atoms with E-state index in [9.17, 15) is 13.2 Å². The third-order valence-electron chi connectivity index (χ3n) is 2.48. The molecule has 0 aromatic heterocycles. The van der Waals surface area contributed by atoms with Gasteiger partial charge in [0.1, 0.15) is 0 Å². The van der Waals surface area contributed by atoms with Gasteiger partial charge in [0.05, 0.1) is 5.25 Å². The van der Waals surface area contributed by atoms with Gasteiger partial charge in [0, 0.05) is 26.1 Å². The summed E-state index contributed by atoms with van der Waals surface area (Å²) in [6.07, 6.45) is 0.823. The van der Waals surface area contributed by atoms with Crippen molar-refractivity contribution in [2.24, 2.45) is 0 Å². The zero-order valence-electron chi connectivity index (χ0n) is 9.45. The van der Waals surface area contributed by atoms with Crippen LogP contribution in [-0.2, 0) is 14.8 Å². The lowest BCUT2D eigenvalue weighted by Gasteiger charge is -2.11. The normalized spacial score (nSPS) is 20.9. The van der Waals surface area contributed by atoms with Crippen molar-refractivity contribution in [2.45, 2.75) is 25.0 Å². The molecule has 0 saturated carbocycles. The number of carbonyl (C=O) groups excluding carboxylic acids is 1. The van der Waals surface area contributed by atoms with Gasteiger partial charge in [-0.1, -0.05) is 0 Å². The van der Waals surface area contributed by atoms with E-state index >= 15 is 0 Å². The van der Waals surface area contributed by atoms with Crippen molar-refractivity contribution in [2.75, 3.05) is 26.2 Å². The molecule has 1 rings (SSSR count). The van der Waals surface area contributed by atoms with E-state index in [4.69, 9.17) is 0 Å². The van der Waals surface area contributed by atoms with Gasteiger partial charge in [-0.25, -0.2) is 13.1 Å². The third-order valence-corrected chi connectivity index (χ3v) is 4.37. The Balaban J connectivity index is 2.28. The summed E-state index contributed by atoms with van der Waals surface area (Å²) in [6, 6.07) is 0. The van der Waals surface area contributed by atoms with Crippen molar-refractivity contribution in [3.63, 3.8) is 0 Å². The Labute approximate surface area is 96.2 Å². The Morgan fingerprint density at radius 3 is 2.81 bits per heavy atom. The van der Waals surface area contributed by atoms with Crippen molar-refractivity contribution in [3.05, 3.63) is 0 Å². The summed E-state index contributed by atoms with van der Waals surface area (Å²) in [4.78, 5) is 11.1. The molecule has 1 saturated heterocycles. The second kappa shape index (κ2) is 6.17. The summed E-state index contributed by atoms with van der Waals surface area (Å²) < 4.78 is 25.8. The van der Waals surface area contributed by atoms with Crippen molar-refractivity contribution in [1.29, 1.82) is 0 Å². The molecule has 0 bridgehead atoms. The topological polar surface area (TPSA) is 87.3 Å². The fourth-order valence-corrected chi connectivity index (χ4v) is 2.99. The van der Waals surface area contributed by atoms with E-state index in [0.29, 0.717) is 19.5 Å². The molecule has 0 spiro atoms. The van der Waals surface area contributed by atoms with Gasteiger partial charge in [-0.3, -0.25) is 4.79 Å². The molecule has 6 nitrogen and oxygen atoms in total. The van der Waals surface area contributed by atoms with Crippen LogP contribution in [0.1, 0.15) is 19.8 Å². The summed E-state index contributed by atoms with van der Waals surface area (Å²) in [7, 11) is -3.26. The smallest absolute Gasteiger partial charge is 0.221 e. The predicted molar refractivity (Wildman–Crippen MR) is 61.5 cm³/mol. The van der Waals surface area contributed by atoms with Crippen LogP contribution in [-0.4, -0.2) is 45.8 Å². The van der Waals surface area contributed by atoms with Crippen LogP contribution in [0.25, 0.3) is 0 Å². The van der Waals surface area contributed by atoms with Gasteiger partial charge < -0.3 is 10.6 Å². The molecular weight excluding hydrogens is 230 g/mol. The maximum Gasteiger partial charge on any atom is 0.221 e. The van der Waals surface area contributed by atoms with Crippen molar-refractivity contribution < 1.29 is 13.2 Å². The molecule has 1 amide bonds. The van der Waals surface area contributed by atoms with Crippen LogP contribution in [0.3, 0.4) is 0 Å². The van der Waals surface area contributed by atoms with Crippen LogP contribution < -0.4 is 15.4 Å². The van der Waals surface area contributed by atoms with Crippen molar-refractivity contribution >= 4 is 15.9 Å². The number of hydrogen-bond acceptors (Lipinski definition) is 4. The maximum absolute atomic E-state index is 11.7. The summed E-state index contributed by atoms with van der Waals surface area (Å²) >= 11 is 0. The molecule has 7 heteroatoms. The molecule has 0 aliphatic carbocycles. The summed E-state index contributed by atoms with van der Waals surface area (Å²) in [5.41, 5.74) is 0. The van der Waals surface area contributed by atoms with E-state index < -0.39 is 10.0 Å².